The fourth-order valence-electron chi connectivity index (χ4n) is 1.47. The van der Waals surface area contributed by atoms with Crippen molar-refractivity contribution in [3.05, 3.63) is 12.8 Å². The van der Waals surface area contributed by atoms with Gasteiger partial charge in [0.1, 0.15) is 0 Å². The summed E-state index contributed by atoms with van der Waals surface area (Å²) in [6, 6.07) is 0. The Morgan fingerprint density at radius 1 is 0.545 bits per heavy atom. The summed E-state index contributed by atoms with van der Waals surface area (Å²) in [4.78, 5) is 0. The topological polar surface area (TPSA) is 0 Å². The Kier molecular flexibility index (Phi) is 9.21. The van der Waals surface area contributed by atoms with Gasteiger partial charge in [0.15, 0.2) is 0 Å². The van der Waals surface area contributed by atoms with Crippen LogP contribution in [-0.2, 0) is 19.5 Å². The largest absolute Gasteiger partial charge is 0.0533 e. The van der Waals surface area contributed by atoms with Gasteiger partial charge < -0.3 is 0 Å². The zero-order valence-electron chi connectivity index (χ0n) is 7.17. The molecule has 0 bridgehead atoms. The van der Waals surface area contributed by atoms with E-state index < -0.39 is 0 Å². The summed E-state index contributed by atoms with van der Waals surface area (Å²) in [5.74, 6) is 0. The molecule has 2 aliphatic rings. The SMILES string of the molecule is C1CCCC1.[CH]1[CH]CCC1.[Ru]. The van der Waals surface area contributed by atoms with Gasteiger partial charge in [-0.15, -0.1) is 0 Å². The summed E-state index contributed by atoms with van der Waals surface area (Å²) in [6.07, 6.45) is 16.0. The van der Waals surface area contributed by atoms with Crippen LogP contribution in [0.1, 0.15) is 51.4 Å². The molecule has 0 nitrogen and oxygen atoms in total. The molecule has 11 heavy (non-hydrogen) atoms. The van der Waals surface area contributed by atoms with E-state index in [2.05, 4.69) is 12.8 Å². The molecule has 0 spiro atoms. The van der Waals surface area contributed by atoms with Crippen molar-refractivity contribution in [3.63, 3.8) is 0 Å². The average Bonchev–Trinajstić information content (AvgIpc) is 2.67. The van der Waals surface area contributed by atoms with E-state index in [0.717, 1.165) is 0 Å². The van der Waals surface area contributed by atoms with Crippen LogP contribution in [0.15, 0.2) is 0 Å². The predicted molar refractivity (Wildman–Crippen MR) is 45.5 cm³/mol. The Bertz CT molecular complexity index is 38.1. The second-order valence-corrected chi connectivity index (χ2v) is 3.17. The molecule has 0 unspecified atom stereocenters. The summed E-state index contributed by atoms with van der Waals surface area (Å²) in [7, 11) is 0. The Morgan fingerprint density at radius 3 is 1.09 bits per heavy atom. The van der Waals surface area contributed by atoms with Crippen molar-refractivity contribution in [3.8, 4) is 0 Å². The third-order valence-corrected chi connectivity index (χ3v) is 2.16. The summed E-state index contributed by atoms with van der Waals surface area (Å²) in [5, 5.41) is 0. The number of hydrogen-bond donors (Lipinski definition) is 0. The maximum Gasteiger partial charge on any atom is 0 e. The minimum Gasteiger partial charge on any atom is -0.0533 e. The minimum absolute atomic E-state index is 0. The third-order valence-electron chi connectivity index (χ3n) is 2.16. The van der Waals surface area contributed by atoms with Gasteiger partial charge in [-0.2, -0.15) is 0 Å². The fraction of sp³-hybridized carbons (Fsp3) is 0.800. The molecule has 2 fully saturated rings. The van der Waals surface area contributed by atoms with Gasteiger partial charge in [-0.05, 0) is 25.7 Å². The van der Waals surface area contributed by atoms with Crippen LogP contribution in [-0.4, -0.2) is 0 Å². The first kappa shape index (κ1) is 11.6. The molecule has 0 aromatic heterocycles. The molecule has 0 saturated heterocycles. The van der Waals surface area contributed by atoms with Crippen LogP contribution in [0.3, 0.4) is 0 Å². The average molecular weight is 239 g/mol. The molecule has 0 heterocycles. The molecule has 2 saturated carbocycles. The van der Waals surface area contributed by atoms with Crippen molar-refractivity contribution < 1.29 is 19.5 Å². The zero-order valence-corrected chi connectivity index (χ0v) is 8.90. The quantitative estimate of drug-likeness (QED) is 0.567. The van der Waals surface area contributed by atoms with Gasteiger partial charge in [0, 0.05) is 19.5 Å². The maximum atomic E-state index is 2.24. The van der Waals surface area contributed by atoms with Crippen molar-refractivity contribution in [1.29, 1.82) is 0 Å². The zero-order chi connectivity index (χ0) is 7.07. The first-order valence-corrected chi connectivity index (χ1v) is 4.65. The summed E-state index contributed by atoms with van der Waals surface area (Å²) >= 11 is 0. The predicted octanol–water partition coefficient (Wildman–Crippen LogP) is 3.53. The Hall–Kier alpha value is 0.623. The van der Waals surface area contributed by atoms with Crippen molar-refractivity contribution in [2.24, 2.45) is 0 Å². The summed E-state index contributed by atoms with van der Waals surface area (Å²) in [6.45, 7) is 0. The smallest absolute Gasteiger partial charge is 0 e. The summed E-state index contributed by atoms with van der Waals surface area (Å²) in [5.41, 5.74) is 0. The van der Waals surface area contributed by atoms with Gasteiger partial charge in [0.2, 0.25) is 0 Å². The normalized spacial score (nSPS) is 21.8. The molecule has 0 amide bonds. The van der Waals surface area contributed by atoms with Crippen LogP contribution in [0, 0.1) is 12.8 Å². The van der Waals surface area contributed by atoms with E-state index in [1.54, 1.807) is 0 Å². The third kappa shape index (κ3) is 7.00. The minimum atomic E-state index is 0. The van der Waals surface area contributed by atoms with Gasteiger partial charge in [-0.25, -0.2) is 0 Å². The van der Waals surface area contributed by atoms with Gasteiger partial charge in [0.25, 0.3) is 0 Å². The van der Waals surface area contributed by atoms with E-state index in [1.165, 1.54) is 51.4 Å². The fourth-order valence-corrected chi connectivity index (χ4v) is 1.47. The number of hydrogen-bond acceptors (Lipinski definition) is 0. The van der Waals surface area contributed by atoms with Crippen molar-refractivity contribution in [2.75, 3.05) is 0 Å². The van der Waals surface area contributed by atoms with E-state index in [4.69, 9.17) is 0 Å². The number of rotatable bonds is 0. The second kappa shape index (κ2) is 8.72. The first-order valence-electron chi connectivity index (χ1n) is 4.65. The van der Waals surface area contributed by atoms with Gasteiger partial charge in [-0.3, -0.25) is 0 Å². The van der Waals surface area contributed by atoms with Gasteiger partial charge >= 0.3 is 0 Å². The van der Waals surface area contributed by atoms with Crippen molar-refractivity contribution >= 4 is 0 Å². The van der Waals surface area contributed by atoms with Crippen molar-refractivity contribution in [1.82, 2.24) is 0 Å². The maximum absolute atomic E-state index is 2.24. The molecule has 0 atom stereocenters. The molecule has 0 aliphatic heterocycles. The standard InChI is InChI=1S/C5H10.C5H8.Ru/c2*1-2-4-5-3-1;/h1-5H2;1-2H,3-5H2;. The summed E-state index contributed by atoms with van der Waals surface area (Å²) < 4.78 is 0. The van der Waals surface area contributed by atoms with Gasteiger partial charge in [0.05, 0.1) is 0 Å². The van der Waals surface area contributed by atoms with Crippen LogP contribution in [0.2, 0.25) is 0 Å². The Labute approximate surface area is 83.9 Å². The molecular weight excluding hydrogens is 221 g/mol. The van der Waals surface area contributed by atoms with Crippen molar-refractivity contribution in [2.45, 2.75) is 51.4 Å². The molecule has 0 N–H and O–H groups in total. The molecule has 0 aromatic rings. The Morgan fingerprint density at radius 2 is 0.909 bits per heavy atom. The molecule has 2 aliphatic carbocycles. The van der Waals surface area contributed by atoms with Crippen LogP contribution in [0.5, 0.6) is 0 Å². The molecule has 0 aromatic carbocycles. The first-order chi connectivity index (χ1) is 5.00. The molecule has 2 rings (SSSR count). The monoisotopic (exact) mass is 240 g/mol. The van der Waals surface area contributed by atoms with Gasteiger partial charge in [-0.1, -0.05) is 38.5 Å². The Balaban J connectivity index is 0.000000167. The molecule has 2 radical (unpaired) electrons. The molecule has 66 valence electrons. The van der Waals surface area contributed by atoms with E-state index in [9.17, 15) is 0 Å². The van der Waals surface area contributed by atoms with E-state index >= 15 is 0 Å². The van der Waals surface area contributed by atoms with Crippen LogP contribution in [0.4, 0.5) is 0 Å². The van der Waals surface area contributed by atoms with Crippen LogP contribution >= 0.6 is 0 Å². The van der Waals surface area contributed by atoms with Crippen LogP contribution in [0.25, 0.3) is 0 Å². The second-order valence-electron chi connectivity index (χ2n) is 3.17. The molecule has 1 heteroatoms. The van der Waals surface area contributed by atoms with E-state index in [1.807, 2.05) is 0 Å². The van der Waals surface area contributed by atoms with E-state index in [0.29, 0.717) is 0 Å². The van der Waals surface area contributed by atoms with Crippen LogP contribution < -0.4 is 0 Å². The van der Waals surface area contributed by atoms with E-state index in [-0.39, 0.29) is 19.5 Å². The molecular formula is C10H18Ru.